The third-order valence-electron chi connectivity index (χ3n) is 1.46. The fourth-order valence-electron chi connectivity index (χ4n) is 0.879. The zero-order chi connectivity index (χ0) is 9.90. The fraction of sp³-hybridized carbons (Fsp3) is 0.500. The van der Waals surface area contributed by atoms with Gasteiger partial charge in [-0.1, -0.05) is 0 Å². The number of sulfonamides is 1. The van der Waals surface area contributed by atoms with Gasteiger partial charge in [0.2, 0.25) is 0 Å². The lowest BCUT2D eigenvalue weighted by Gasteiger charge is -2.04. The third-order valence-corrected chi connectivity index (χ3v) is 2.99. The van der Waals surface area contributed by atoms with Gasteiger partial charge in [0, 0.05) is 13.6 Å². The number of aliphatic hydroxyl groups excluding tert-OH is 1. The van der Waals surface area contributed by atoms with Crippen molar-refractivity contribution in [1.29, 1.82) is 0 Å². The molecule has 13 heavy (non-hydrogen) atoms. The molecule has 1 aromatic heterocycles. The van der Waals surface area contributed by atoms with E-state index in [0.717, 1.165) is 0 Å². The number of aliphatic hydroxyl groups is 1. The first-order chi connectivity index (χ1) is 6.08. The summed E-state index contributed by atoms with van der Waals surface area (Å²) in [5.41, 5.74) is 0. The number of hydrogen-bond acceptors (Lipinski definition) is 4. The number of aryl methyl sites for hydroxylation is 1. The minimum Gasteiger partial charge on any atom is -0.395 e. The molecule has 6 nitrogen and oxygen atoms in total. The Morgan fingerprint density at radius 2 is 2.38 bits per heavy atom. The summed E-state index contributed by atoms with van der Waals surface area (Å²) in [6, 6.07) is 1.39. The zero-order valence-electron chi connectivity index (χ0n) is 7.14. The van der Waals surface area contributed by atoms with Crippen molar-refractivity contribution >= 4 is 10.0 Å². The van der Waals surface area contributed by atoms with Crippen LogP contribution in [0, 0.1) is 0 Å². The number of nitrogens with zero attached hydrogens (tertiary/aromatic N) is 2. The lowest BCUT2D eigenvalue weighted by molar-refractivity contribution is 0.301. The summed E-state index contributed by atoms with van der Waals surface area (Å²) >= 11 is 0. The van der Waals surface area contributed by atoms with Gasteiger partial charge < -0.3 is 5.11 Å². The summed E-state index contributed by atoms with van der Waals surface area (Å²) in [7, 11) is -1.98. The maximum Gasteiger partial charge on any atom is 0.257 e. The van der Waals surface area contributed by atoms with Crippen LogP contribution in [0.25, 0.3) is 0 Å². The predicted octanol–water partition coefficient (Wildman–Crippen LogP) is -1.31. The molecule has 0 spiro atoms. The van der Waals surface area contributed by atoms with E-state index in [1.165, 1.54) is 24.0 Å². The second kappa shape index (κ2) is 3.86. The molecule has 0 aromatic carbocycles. The first kappa shape index (κ1) is 10.2. The Balaban J connectivity index is 2.88. The van der Waals surface area contributed by atoms with E-state index in [9.17, 15) is 8.42 Å². The molecule has 74 valence electrons. The highest BCUT2D eigenvalue weighted by Crippen LogP contribution is 2.04. The SMILES string of the molecule is Cn1nccc1S(=O)(=O)NCCO. The average molecular weight is 205 g/mol. The van der Waals surface area contributed by atoms with Gasteiger partial charge in [0.15, 0.2) is 5.03 Å². The quantitative estimate of drug-likeness (QED) is 0.639. The van der Waals surface area contributed by atoms with Gasteiger partial charge in [-0.15, -0.1) is 0 Å². The van der Waals surface area contributed by atoms with Crippen LogP contribution in [0.1, 0.15) is 0 Å². The number of nitrogens with one attached hydrogen (secondary N) is 1. The second-order valence-electron chi connectivity index (χ2n) is 2.41. The highest BCUT2D eigenvalue weighted by Gasteiger charge is 2.16. The van der Waals surface area contributed by atoms with Gasteiger partial charge in [0.25, 0.3) is 10.0 Å². The summed E-state index contributed by atoms with van der Waals surface area (Å²) < 4.78 is 26.2. The average Bonchev–Trinajstić information content (AvgIpc) is 2.48. The summed E-state index contributed by atoms with van der Waals surface area (Å²) in [6.45, 7) is -0.218. The van der Waals surface area contributed by atoms with Crippen molar-refractivity contribution < 1.29 is 13.5 Å². The smallest absolute Gasteiger partial charge is 0.257 e. The maximum atomic E-state index is 11.4. The van der Waals surface area contributed by atoms with Crippen molar-refractivity contribution in [2.45, 2.75) is 5.03 Å². The van der Waals surface area contributed by atoms with Gasteiger partial charge in [0.05, 0.1) is 12.8 Å². The molecule has 1 heterocycles. The molecule has 0 aliphatic carbocycles. The summed E-state index contributed by atoms with van der Waals surface area (Å²) in [4.78, 5) is 0. The monoisotopic (exact) mass is 205 g/mol. The van der Waals surface area contributed by atoms with Crippen LogP contribution in [-0.2, 0) is 17.1 Å². The second-order valence-corrected chi connectivity index (χ2v) is 4.13. The van der Waals surface area contributed by atoms with Gasteiger partial charge in [0.1, 0.15) is 0 Å². The van der Waals surface area contributed by atoms with Crippen molar-refractivity contribution in [3.63, 3.8) is 0 Å². The number of rotatable bonds is 4. The van der Waals surface area contributed by atoms with E-state index in [0.29, 0.717) is 0 Å². The molecule has 1 rings (SSSR count). The van der Waals surface area contributed by atoms with Crippen LogP contribution in [-0.4, -0.2) is 36.5 Å². The maximum absolute atomic E-state index is 11.4. The lowest BCUT2D eigenvalue weighted by atomic mass is 10.7. The van der Waals surface area contributed by atoms with Gasteiger partial charge >= 0.3 is 0 Å². The first-order valence-electron chi connectivity index (χ1n) is 3.66. The van der Waals surface area contributed by atoms with Crippen molar-refractivity contribution in [1.82, 2.24) is 14.5 Å². The summed E-state index contributed by atoms with van der Waals surface area (Å²) in [5, 5.41) is 12.3. The van der Waals surface area contributed by atoms with E-state index >= 15 is 0 Å². The first-order valence-corrected chi connectivity index (χ1v) is 5.15. The molecule has 0 saturated heterocycles. The Kier molecular flexibility index (Phi) is 3.02. The van der Waals surface area contributed by atoms with Crippen LogP contribution in [0.5, 0.6) is 0 Å². The molecule has 0 saturated carbocycles. The van der Waals surface area contributed by atoms with Crippen LogP contribution in [0.4, 0.5) is 0 Å². The topological polar surface area (TPSA) is 84.2 Å². The minimum atomic E-state index is -3.52. The molecule has 7 heteroatoms. The van der Waals surface area contributed by atoms with Crippen LogP contribution < -0.4 is 4.72 Å². The fourth-order valence-corrected chi connectivity index (χ4v) is 2.02. The van der Waals surface area contributed by atoms with Crippen molar-refractivity contribution in [2.75, 3.05) is 13.2 Å². The van der Waals surface area contributed by atoms with Gasteiger partial charge in [-0.3, -0.25) is 4.68 Å². The van der Waals surface area contributed by atoms with E-state index in [4.69, 9.17) is 5.11 Å². The largest absolute Gasteiger partial charge is 0.395 e. The molecule has 0 aliphatic heterocycles. The molecular weight excluding hydrogens is 194 g/mol. The molecule has 0 bridgehead atoms. The van der Waals surface area contributed by atoms with E-state index in [1.54, 1.807) is 0 Å². The normalized spacial score (nSPS) is 11.8. The molecule has 0 fully saturated rings. The summed E-state index contributed by atoms with van der Waals surface area (Å²) in [5.74, 6) is 0. The highest BCUT2D eigenvalue weighted by molar-refractivity contribution is 7.89. The van der Waals surface area contributed by atoms with E-state index < -0.39 is 10.0 Å². The van der Waals surface area contributed by atoms with Gasteiger partial charge in [-0.2, -0.15) is 5.10 Å². The van der Waals surface area contributed by atoms with Crippen LogP contribution in [0.3, 0.4) is 0 Å². The molecule has 2 N–H and O–H groups in total. The molecule has 0 radical (unpaired) electrons. The van der Waals surface area contributed by atoms with E-state index in [1.807, 2.05) is 0 Å². The van der Waals surface area contributed by atoms with Crippen LogP contribution in [0.2, 0.25) is 0 Å². The number of aromatic nitrogens is 2. The minimum absolute atomic E-state index is 0.00745. The predicted molar refractivity (Wildman–Crippen MR) is 45.5 cm³/mol. The van der Waals surface area contributed by atoms with E-state index in [2.05, 4.69) is 9.82 Å². The zero-order valence-corrected chi connectivity index (χ0v) is 7.95. The van der Waals surface area contributed by atoms with Gasteiger partial charge in [-0.25, -0.2) is 13.1 Å². The Bertz CT molecular complexity index is 370. The third kappa shape index (κ3) is 2.27. The summed E-state index contributed by atoms with van der Waals surface area (Å²) in [6.07, 6.45) is 1.40. The van der Waals surface area contributed by atoms with Gasteiger partial charge in [-0.05, 0) is 6.07 Å². The Hall–Kier alpha value is -0.920. The van der Waals surface area contributed by atoms with Crippen molar-refractivity contribution in [3.05, 3.63) is 12.3 Å². The Morgan fingerprint density at radius 3 is 2.85 bits per heavy atom. The molecule has 0 amide bonds. The van der Waals surface area contributed by atoms with Crippen molar-refractivity contribution in [3.8, 4) is 0 Å². The lowest BCUT2D eigenvalue weighted by Crippen LogP contribution is -2.28. The Labute approximate surface area is 76.2 Å². The molecule has 0 atom stereocenters. The number of hydrogen-bond donors (Lipinski definition) is 2. The Morgan fingerprint density at radius 1 is 1.69 bits per heavy atom. The molecule has 0 unspecified atom stereocenters. The van der Waals surface area contributed by atoms with Crippen LogP contribution >= 0.6 is 0 Å². The van der Waals surface area contributed by atoms with E-state index in [-0.39, 0.29) is 18.2 Å². The molecule has 0 aliphatic rings. The highest BCUT2D eigenvalue weighted by atomic mass is 32.2. The standard InChI is InChI=1S/C6H11N3O3S/c1-9-6(2-3-7-9)13(11,12)8-4-5-10/h2-3,8,10H,4-5H2,1H3. The molecular formula is C6H11N3O3S. The van der Waals surface area contributed by atoms with Crippen LogP contribution in [0.15, 0.2) is 17.3 Å². The van der Waals surface area contributed by atoms with Crippen molar-refractivity contribution in [2.24, 2.45) is 7.05 Å². The molecule has 1 aromatic rings.